The van der Waals surface area contributed by atoms with Crippen molar-refractivity contribution in [3.8, 4) is 0 Å². The van der Waals surface area contributed by atoms with Gasteiger partial charge in [0.05, 0.1) is 5.92 Å². The van der Waals surface area contributed by atoms with Gasteiger partial charge in [-0.05, 0) is 62.5 Å². The van der Waals surface area contributed by atoms with Crippen molar-refractivity contribution in [2.24, 2.45) is 29.4 Å². The van der Waals surface area contributed by atoms with Gasteiger partial charge in [-0.15, -0.1) is 0 Å². The molecule has 2 amide bonds. The van der Waals surface area contributed by atoms with Crippen molar-refractivity contribution < 1.29 is 9.59 Å². The van der Waals surface area contributed by atoms with E-state index in [0.29, 0.717) is 43.6 Å². The third-order valence-corrected chi connectivity index (χ3v) is 6.61. The van der Waals surface area contributed by atoms with E-state index in [2.05, 4.69) is 10.3 Å². The Kier molecular flexibility index (Phi) is 4.69. The highest BCUT2D eigenvalue weighted by molar-refractivity contribution is 5.92. The Labute approximate surface area is 154 Å². The van der Waals surface area contributed by atoms with Crippen LogP contribution in [0.25, 0.3) is 0 Å². The summed E-state index contributed by atoms with van der Waals surface area (Å²) in [6.07, 6.45) is 6.62. The van der Waals surface area contributed by atoms with Crippen LogP contribution in [0, 0.1) is 30.6 Å². The zero-order valence-corrected chi connectivity index (χ0v) is 15.4. The topological polar surface area (TPSA) is 88.3 Å². The van der Waals surface area contributed by atoms with Crippen molar-refractivity contribution in [2.45, 2.75) is 45.1 Å². The van der Waals surface area contributed by atoms with Gasteiger partial charge in [-0.2, -0.15) is 0 Å². The van der Waals surface area contributed by atoms with Gasteiger partial charge in [0.25, 0.3) is 0 Å². The van der Waals surface area contributed by atoms with Crippen LogP contribution in [0.1, 0.15) is 37.7 Å². The van der Waals surface area contributed by atoms with E-state index in [1.54, 1.807) is 6.20 Å². The van der Waals surface area contributed by atoms with E-state index in [4.69, 9.17) is 5.73 Å². The van der Waals surface area contributed by atoms with Crippen LogP contribution < -0.4 is 11.1 Å². The van der Waals surface area contributed by atoms with Crippen LogP contribution in [0.5, 0.6) is 0 Å². The first-order valence-electron chi connectivity index (χ1n) is 9.81. The second-order valence-electron chi connectivity index (χ2n) is 8.25. The summed E-state index contributed by atoms with van der Waals surface area (Å²) >= 11 is 0. The number of likely N-dealkylation sites (tertiary alicyclic amines) is 1. The van der Waals surface area contributed by atoms with E-state index in [9.17, 15) is 9.59 Å². The van der Waals surface area contributed by atoms with Gasteiger partial charge in [-0.3, -0.25) is 9.59 Å². The minimum absolute atomic E-state index is 0.00470. The van der Waals surface area contributed by atoms with E-state index < -0.39 is 0 Å². The number of nitrogens with zero attached hydrogens (tertiary/aromatic N) is 2. The van der Waals surface area contributed by atoms with Gasteiger partial charge in [0.1, 0.15) is 5.82 Å². The van der Waals surface area contributed by atoms with E-state index in [1.807, 2.05) is 24.0 Å². The van der Waals surface area contributed by atoms with Gasteiger partial charge in [-0.1, -0.05) is 6.07 Å². The Morgan fingerprint density at radius 3 is 2.50 bits per heavy atom. The number of anilines is 1. The van der Waals surface area contributed by atoms with Crippen molar-refractivity contribution in [3.05, 3.63) is 23.9 Å². The molecule has 2 saturated carbocycles. The molecule has 26 heavy (non-hydrogen) atoms. The van der Waals surface area contributed by atoms with Crippen LogP contribution >= 0.6 is 0 Å². The first-order valence-corrected chi connectivity index (χ1v) is 9.81. The summed E-state index contributed by atoms with van der Waals surface area (Å²) in [7, 11) is 0. The maximum absolute atomic E-state index is 12.9. The Balaban J connectivity index is 1.30. The second kappa shape index (κ2) is 6.99. The van der Waals surface area contributed by atoms with E-state index in [0.717, 1.165) is 18.4 Å². The van der Waals surface area contributed by atoms with Gasteiger partial charge < -0.3 is 16.0 Å². The fourth-order valence-electron chi connectivity index (χ4n) is 5.05. The van der Waals surface area contributed by atoms with Gasteiger partial charge in [-0.25, -0.2) is 4.98 Å². The molecule has 0 aromatic carbocycles. The number of rotatable bonds is 3. The number of hydrogen-bond donors (Lipinski definition) is 2. The maximum atomic E-state index is 12.9. The lowest BCUT2D eigenvalue weighted by Gasteiger charge is -2.36. The molecule has 2 heterocycles. The van der Waals surface area contributed by atoms with Gasteiger partial charge in [0.15, 0.2) is 0 Å². The standard InChI is InChI=1S/C20H28N4O2/c1-12-2-5-16(22-11-12)23-19(25)13-6-8-24(9-7-13)20(26)17-14-3-4-15(10-14)18(17)21/h2,5,11,13-15,17-18H,3-4,6-10,21H2,1H3,(H,22,23,25). The highest BCUT2D eigenvalue weighted by Gasteiger charge is 2.50. The van der Waals surface area contributed by atoms with Crippen molar-refractivity contribution in [1.29, 1.82) is 0 Å². The molecule has 1 aromatic rings. The molecule has 6 heteroatoms. The lowest BCUT2D eigenvalue weighted by molar-refractivity contribution is -0.140. The number of piperidine rings is 1. The maximum Gasteiger partial charge on any atom is 0.228 e. The lowest BCUT2D eigenvalue weighted by Crippen LogP contribution is -2.50. The average Bonchev–Trinajstić information content (AvgIpc) is 3.24. The van der Waals surface area contributed by atoms with Crippen molar-refractivity contribution in [3.63, 3.8) is 0 Å². The molecular weight excluding hydrogens is 328 g/mol. The Hall–Kier alpha value is -1.95. The van der Waals surface area contributed by atoms with Crippen LogP contribution in [0.4, 0.5) is 5.82 Å². The minimum Gasteiger partial charge on any atom is -0.342 e. The fraction of sp³-hybridized carbons (Fsp3) is 0.650. The van der Waals surface area contributed by atoms with Crippen LogP contribution in [-0.2, 0) is 9.59 Å². The molecule has 3 N–H and O–H groups in total. The number of carbonyl (C=O) groups excluding carboxylic acids is 2. The third kappa shape index (κ3) is 3.22. The Morgan fingerprint density at radius 2 is 1.88 bits per heavy atom. The molecule has 0 radical (unpaired) electrons. The summed E-state index contributed by atoms with van der Waals surface area (Å²) in [6.45, 7) is 3.27. The molecule has 4 unspecified atom stereocenters. The molecule has 6 nitrogen and oxygen atoms in total. The quantitative estimate of drug-likeness (QED) is 0.866. The van der Waals surface area contributed by atoms with Gasteiger partial charge in [0.2, 0.25) is 11.8 Å². The van der Waals surface area contributed by atoms with E-state index >= 15 is 0 Å². The molecule has 2 bridgehead atoms. The minimum atomic E-state index is -0.0594. The van der Waals surface area contributed by atoms with Crippen LogP contribution in [-0.4, -0.2) is 40.8 Å². The number of aryl methyl sites for hydroxylation is 1. The summed E-state index contributed by atoms with van der Waals surface area (Å²) in [5.41, 5.74) is 7.39. The molecule has 1 saturated heterocycles. The van der Waals surface area contributed by atoms with Gasteiger partial charge >= 0.3 is 0 Å². The zero-order valence-electron chi connectivity index (χ0n) is 15.4. The molecule has 4 atom stereocenters. The summed E-state index contributed by atoms with van der Waals surface area (Å²) in [4.78, 5) is 31.6. The third-order valence-electron chi connectivity index (χ3n) is 6.61. The highest BCUT2D eigenvalue weighted by Crippen LogP contribution is 2.48. The smallest absolute Gasteiger partial charge is 0.228 e. The van der Waals surface area contributed by atoms with Crippen LogP contribution in [0.15, 0.2) is 18.3 Å². The molecule has 4 rings (SSSR count). The average molecular weight is 356 g/mol. The first kappa shape index (κ1) is 17.5. The SMILES string of the molecule is Cc1ccc(NC(=O)C2CCN(C(=O)C3C4CCC(C4)C3N)CC2)nc1. The number of amides is 2. The number of pyridine rings is 1. The number of nitrogens with one attached hydrogen (secondary N) is 1. The summed E-state index contributed by atoms with van der Waals surface area (Å²) in [6, 6.07) is 3.79. The number of carbonyl (C=O) groups is 2. The predicted octanol–water partition coefficient (Wildman–Crippen LogP) is 1.94. The summed E-state index contributed by atoms with van der Waals surface area (Å²) in [5, 5.41) is 2.89. The van der Waals surface area contributed by atoms with Crippen molar-refractivity contribution in [2.75, 3.05) is 18.4 Å². The van der Waals surface area contributed by atoms with Crippen LogP contribution in [0.3, 0.4) is 0 Å². The zero-order chi connectivity index (χ0) is 18.3. The van der Waals surface area contributed by atoms with Crippen molar-refractivity contribution in [1.82, 2.24) is 9.88 Å². The highest BCUT2D eigenvalue weighted by atomic mass is 16.2. The molecule has 0 spiro atoms. The number of nitrogens with two attached hydrogens (primary N) is 1. The molecule has 2 aliphatic carbocycles. The molecule has 1 aromatic heterocycles. The second-order valence-corrected chi connectivity index (χ2v) is 8.25. The number of fused-ring (bicyclic) bond motifs is 2. The summed E-state index contributed by atoms with van der Waals surface area (Å²) < 4.78 is 0. The fourth-order valence-corrected chi connectivity index (χ4v) is 5.05. The molecular formula is C20H28N4O2. The summed E-state index contributed by atoms with van der Waals surface area (Å²) in [5.74, 6) is 1.79. The number of aromatic nitrogens is 1. The van der Waals surface area contributed by atoms with Gasteiger partial charge in [0, 0.05) is 31.2 Å². The normalized spacial score (nSPS) is 31.2. The Morgan fingerprint density at radius 1 is 1.15 bits per heavy atom. The largest absolute Gasteiger partial charge is 0.342 e. The number of hydrogen-bond acceptors (Lipinski definition) is 4. The van der Waals surface area contributed by atoms with Crippen LogP contribution in [0.2, 0.25) is 0 Å². The molecule has 3 fully saturated rings. The monoisotopic (exact) mass is 356 g/mol. The molecule has 140 valence electrons. The van der Waals surface area contributed by atoms with E-state index in [1.165, 1.54) is 6.42 Å². The molecule has 3 aliphatic rings. The molecule has 1 aliphatic heterocycles. The lowest BCUT2D eigenvalue weighted by atomic mass is 9.83. The first-order chi connectivity index (χ1) is 12.5. The van der Waals surface area contributed by atoms with E-state index in [-0.39, 0.29) is 29.7 Å². The predicted molar refractivity (Wildman–Crippen MR) is 99.2 cm³/mol. The van der Waals surface area contributed by atoms with Crippen molar-refractivity contribution >= 4 is 17.6 Å². The Bertz CT molecular complexity index is 680.